The first-order valence-corrected chi connectivity index (χ1v) is 5.07. The summed E-state index contributed by atoms with van der Waals surface area (Å²) in [4.78, 5) is 13.6. The van der Waals surface area contributed by atoms with Gasteiger partial charge in [-0.1, -0.05) is 13.8 Å². The molecule has 1 unspecified atom stereocenters. The lowest BCUT2D eigenvalue weighted by Gasteiger charge is -2.30. The van der Waals surface area contributed by atoms with Crippen molar-refractivity contribution in [3.63, 3.8) is 0 Å². The van der Waals surface area contributed by atoms with E-state index in [1.54, 1.807) is 6.92 Å². The van der Waals surface area contributed by atoms with Gasteiger partial charge >= 0.3 is 0 Å². The SMILES string of the molecule is CCCN(CC)C(=O)C(C)(N)CC. The van der Waals surface area contributed by atoms with Crippen molar-refractivity contribution in [2.75, 3.05) is 13.1 Å². The highest BCUT2D eigenvalue weighted by Gasteiger charge is 2.29. The van der Waals surface area contributed by atoms with Gasteiger partial charge in [-0.15, -0.1) is 0 Å². The van der Waals surface area contributed by atoms with Crippen LogP contribution in [0, 0.1) is 0 Å². The average Bonchev–Trinajstić information content (AvgIpc) is 2.13. The molecule has 3 nitrogen and oxygen atoms in total. The first kappa shape index (κ1) is 12.4. The van der Waals surface area contributed by atoms with Crippen LogP contribution in [-0.2, 0) is 4.79 Å². The van der Waals surface area contributed by atoms with E-state index in [1.807, 2.05) is 18.7 Å². The van der Waals surface area contributed by atoms with Crippen molar-refractivity contribution in [1.82, 2.24) is 4.90 Å². The van der Waals surface area contributed by atoms with E-state index in [2.05, 4.69) is 6.92 Å². The molecule has 0 heterocycles. The zero-order chi connectivity index (χ0) is 10.5. The van der Waals surface area contributed by atoms with Crippen molar-refractivity contribution in [2.24, 2.45) is 5.73 Å². The van der Waals surface area contributed by atoms with Gasteiger partial charge in [-0.05, 0) is 26.7 Å². The summed E-state index contributed by atoms with van der Waals surface area (Å²) in [7, 11) is 0. The van der Waals surface area contributed by atoms with Crippen LogP contribution in [0.25, 0.3) is 0 Å². The summed E-state index contributed by atoms with van der Waals surface area (Å²) in [5, 5.41) is 0. The molecule has 0 bridgehead atoms. The van der Waals surface area contributed by atoms with Crippen molar-refractivity contribution in [1.29, 1.82) is 0 Å². The number of carbonyl (C=O) groups is 1. The van der Waals surface area contributed by atoms with Gasteiger partial charge < -0.3 is 10.6 Å². The molecular weight excluding hydrogens is 164 g/mol. The fourth-order valence-corrected chi connectivity index (χ4v) is 1.19. The first-order chi connectivity index (χ1) is 5.99. The van der Waals surface area contributed by atoms with Gasteiger partial charge in [0.1, 0.15) is 0 Å². The predicted octanol–water partition coefficient (Wildman–Crippen LogP) is 1.37. The molecule has 0 aliphatic rings. The molecule has 0 saturated carbocycles. The van der Waals surface area contributed by atoms with Gasteiger partial charge in [0.15, 0.2) is 0 Å². The second kappa shape index (κ2) is 5.22. The number of nitrogens with zero attached hydrogens (tertiary/aromatic N) is 1. The zero-order valence-corrected chi connectivity index (χ0v) is 9.26. The van der Waals surface area contributed by atoms with Gasteiger partial charge in [0, 0.05) is 13.1 Å². The quantitative estimate of drug-likeness (QED) is 0.705. The number of carbonyl (C=O) groups excluding carboxylic acids is 1. The number of nitrogens with two attached hydrogens (primary N) is 1. The number of likely N-dealkylation sites (N-methyl/N-ethyl adjacent to an activating group) is 1. The smallest absolute Gasteiger partial charge is 0.242 e. The Hall–Kier alpha value is -0.570. The molecular formula is C10H22N2O. The summed E-state index contributed by atoms with van der Waals surface area (Å²) < 4.78 is 0. The van der Waals surface area contributed by atoms with E-state index in [9.17, 15) is 4.79 Å². The van der Waals surface area contributed by atoms with Crippen LogP contribution in [-0.4, -0.2) is 29.4 Å². The van der Waals surface area contributed by atoms with Crippen molar-refractivity contribution in [3.8, 4) is 0 Å². The largest absolute Gasteiger partial charge is 0.341 e. The van der Waals surface area contributed by atoms with Gasteiger partial charge in [-0.25, -0.2) is 0 Å². The van der Waals surface area contributed by atoms with Crippen LogP contribution in [0.5, 0.6) is 0 Å². The highest BCUT2D eigenvalue weighted by atomic mass is 16.2. The zero-order valence-electron chi connectivity index (χ0n) is 9.26. The predicted molar refractivity (Wildman–Crippen MR) is 55.4 cm³/mol. The summed E-state index contributed by atoms with van der Waals surface area (Å²) in [6.45, 7) is 9.35. The van der Waals surface area contributed by atoms with Crippen molar-refractivity contribution < 1.29 is 4.79 Å². The third-order valence-corrected chi connectivity index (χ3v) is 2.39. The number of rotatable bonds is 5. The lowest BCUT2D eigenvalue weighted by atomic mass is 9.98. The molecule has 78 valence electrons. The molecule has 0 aliphatic heterocycles. The van der Waals surface area contributed by atoms with E-state index in [-0.39, 0.29) is 5.91 Å². The summed E-state index contributed by atoms with van der Waals surface area (Å²) >= 11 is 0. The number of hydrogen-bond donors (Lipinski definition) is 1. The van der Waals surface area contributed by atoms with E-state index >= 15 is 0 Å². The van der Waals surface area contributed by atoms with E-state index in [0.29, 0.717) is 6.42 Å². The average molecular weight is 186 g/mol. The molecule has 2 N–H and O–H groups in total. The molecule has 0 fully saturated rings. The number of amides is 1. The fraction of sp³-hybridized carbons (Fsp3) is 0.900. The topological polar surface area (TPSA) is 46.3 Å². The van der Waals surface area contributed by atoms with Crippen molar-refractivity contribution in [2.45, 2.75) is 46.1 Å². The van der Waals surface area contributed by atoms with Gasteiger partial charge in [-0.2, -0.15) is 0 Å². The minimum absolute atomic E-state index is 0.0688. The third-order valence-electron chi connectivity index (χ3n) is 2.39. The molecule has 0 aromatic heterocycles. The van der Waals surface area contributed by atoms with Crippen LogP contribution in [0.15, 0.2) is 0 Å². The van der Waals surface area contributed by atoms with Crippen LogP contribution in [0.2, 0.25) is 0 Å². The lowest BCUT2D eigenvalue weighted by molar-refractivity contribution is -0.136. The van der Waals surface area contributed by atoms with Crippen LogP contribution in [0.1, 0.15) is 40.5 Å². The maximum Gasteiger partial charge on any atom is 0.242 e. The van der Waals surface area contributed by atoms with Crippen molar-refractivity contribution >= 4 is 5.91 Å². The minimum Gasteiger partial charge on any atom is -0.341 e. The maximum atomic E-state index is 11.8. The van der Waals surface area contributed by atoms with E-state index in [4.69, 9.17) is 5.73 Å². The van der Waals surface area contributed by atoms with Crippen LogP contribution < -0.4 is 5.73 Å². The van der Waals surface area contributed by atoms with Gasteiger partial charge in [0.2, 0.25) is 5.91 Å². The fourth-order valence-electron chi connectivity index (χ4n) is 1.19. The van der Waals surface area contributed by atoms with Gasteiger partial charge in [0.25, 0.3) is 0 Å². The number of hydrogen-bond acceptors (Lipinski definition) is 2. The van der Waals surface area contributed by atoms with Crippen LogP contribution in [0.4, 0.5) is 0 Å². The van der Waals surface area contributed by atoms with Crippen LogP contribution >= 0.6 is 0 Å². The molecule has 0 aromatic rings. The Labute approximate surface area is 81.3 Å². The third kappa shape index (κ3) is 3.35. The normalized spacial score (nSPS) is 15.2. The highest BCUT2D eigenvalue weighted by molar-refractivity contribution is 5.85. The van der Waals surface area contributed by atoms with Gasteiger partial charge in [0.05, 0.1) is 5.54 Å². The van der Waals surface area contributed by atoms with Crippen LogP contribution in [0.3, 0.4) is 0 Å². The Bertz CT molecular complexity index is 166. The summed E-state index contributed by atoms with van der Waals surface area (Å²) in [6, 6.07) is 0. The second-order valence-corrected chi connectivity index (χ2v) is 3.66. The van der Waals surface area contributed by atoms with Gasteiger partial charge in [-0.3, -0.25) is 4.79 Å². The maximum absolute atomic E-state index is 11.8. The van der Waals surface area contributed by atoms with E-state index < -0.39 is 5.54 Å². The molecule has 13 heavy (non-hydrogen) atoms. The Morgan fingerprint density at radius 2 is 1.92 bits per heavy atom. The second-order valence-electron chi connectivity index (χ2n) is 3.66. The Balaban J connectivity index is 4.36. The Kier molecular flexibility index (Phi) is 4.99. The molecule has 0 saturated heterocycles. The summed E-state index contributed by atoms with van der Waals surface area (Å²) in [6.07, 6.45) is 1.67. The van der Waals surface area contributed by atoms with E-state index in [0.717, 1.165) is 19.5 Å². The molecule has 0 aliphatic carbocycles. The first-order valence-electron chi connectivity index (χ1n) is 5.07. The molecule has 0 spiro atoms. The minimum atomic E-state index is -0.689. The molecule has 0 rings (SSSR count). The molecule has 3 heteroatoms. The molecule has 0 aromatic carbocycles. The Morgan fingerprint density at radius 1 is 1.38 bits per heavy atom. The summed E-state index contributed by atoms with van der Waals surface area (Å²) in [5.74, 6) is 0.0688. The lowest BCUT2D eigenvalue weighted by Crippen LogP contribution is -2.53. The molecule has 0 radical (unpaired) electrons. The van der Waals surface area contributed by atoms with E-state index in [1.165, 1.54) is 0 Å². The van der Waals surface area contributed by atoms with Crippen molar-refractivity contribution in [3.05, 3.63) is 0 Å². The highest BCUT2D eigenvalue weighted by Crippen LogP contribution is 2.09. The summed E-state index contributed by atoms with van der Waals surface area (Å²) in [5.41, 5.74) is 5.19. The molecule has 1 atom stereocenters. The standard InChI is InChI=1S/C10H22N2O/c1-5-8-12(7-3)9(13)10(4,11)6-2/h5-8,11H2,1-4H3. The molecule has 1 amide bonds. The monoisotopic (exact) mass is 186 g/mol. The Morgan fingerprint density at radius 3 is 2.23 bits per heavy atom.